The molecule has 0 unspecified atom stereocenters. The average molecular weight is 554 g/mol. The molecule has 1 aliphatic rings. The van der Waals surface area contributed by atoms with Crippen molar-refractivity contribution >= 4 is 23.1 Å². The minimum atomic E-state index is -0.239. The quantitative estimate of drug-likeness (QED) is 0.309. The molecule has 0 radical (unpaired) electrons. The van der Waals surface area contributed by atoms with Crippen LogP contribution in [0.25, 0.3) is 5.65 Å². The summed E-state index contributed by atoms with van der Waals surface area (Å²) in [6.07, 6.45) is 0. The summed E-state index contributed by atoms with van der Waals surface area (Å²) >= 11 is 0. The van der Waals surface area contributed by atoms with Crippen LogP contribution in [-0.4, -0.2) is 60.5 Å². The van der Waals surface area contributed by atoms with Crippen molar-refractivity contribution in [3.05, 3.63) is 34.4 Å². The zero-order valence-electron chi connectivity index (χ0n) is 25.5. The molecule has 0 spiro atoms. The first kappa shape index (κ1) is 29.6. The molecule has 40 heavy (non-hydrogen) atoms. The Morgan fingerprint density at radius 1 is 1.12 bits per heavy atom. The van der Waals surface area contributed by atoms with Gasteiger partial charge < -0.3 is 19.1 Å². The lowest BCUT2D eigenvalue weighted by atomic mass is 9.84. The molecule has 1 saturated heterocycles. The van der Waals surface area contributed by atoms with E-state index in [-0.39, 0.29) is 35.5 Å². The second-order valence-electron chi connectivity index (χ2n) is 12.0. The van der Waals surface area contributed by atoms with Crippen molar-refractivity contribution < 1.29 is 23.7 Å². The third-order valence-corrected chi connectivity index (χ3v) is 7.33. The highest BCUT2D eigenvalue weighted by Gasteiger charge is 2.31. The number of aromatic nitrogens is 4. The lowest BCUT2D eigenvalue weighted by Gasteiger charge is -2.33. The molecule has 3 heterocycles. The van der Waals surface area contributed by atoms with E-state index in [1.165, 1.54) is 0 Å². The Labute approximate surface area is 237 Å². The van der Waals surface area contributed by atoms with Gasteiger partial charge in [0, 0.05) is 35.3 Å². The number of rotatable bonds is 9. The van der Waals surface area contributed by atoms with Gasteiger partial charge in [-0.2, -0.15) is 0 Å². The predicted octanol–water partition coefficient (Wildman–Crippen LogP) is 4.27. The standard InChI is InChI=1S/C30H44N6O4/c1-10-40-28-25(19(4)5)24(18(2)3)27-32-35(29(31)36(27)33-28)17-23(37)20-15-21(30(6,7)8)26(38-9)22(16-20)34-11-13-39-14-12-34/h15-16,18-19,31H,10-14,17H2,1-9H3/p+1. The lowest BCUT2D eigenvalue weighted by Crippen LogP contribution is -2.42. The molecule has 10 nitrogen and oxygen atoms in total. The largest absolute Gasteiger partial charge is 0.494 e. The van der Waals surface area contributed by atoms with Gasteiger partial charge in [-0.15, -0.1) is 4.68 Å². The molecule has 3 aromatic rings. The molecule has 2 N–H and O–H groups in total. The van der Waals surface area contributed by atoms with Crippen molar-refractivity contribution in [2.45, 2.75) is 79.2 Å². The summed E-state index contributed by atoms with van der Waals surface area (Å²) in [5, 5.41) is 9.54. The maximum absolute atomic E-state index is 13.9. The van der Waals surface area contributed by atoms with Crippen molar-refractivity contribution in [2.24, 2.45) is 0 Å². The van der Waals surface area contributed by atoms with Gasteiger partial charge in [-0.05, 0) is 36.3 Å². The zero-order chi connectivity index (χ0) is 29.4. The van der Waals surface area contributed by atoms with Gasteiger partial charge in [-0.1, -0.05) is 63.2 Å². The van der Waals surface area contributed by atoms with E-state index in [4.69, 9.17) is 30.1 Å². The topological polar surface area (TPSA) is 108 Å². The van der Waals surface area contributed by atoms with Gasteiger partial charge in [0.1, 0.15) is 5.75 Å². The number of hydrogen-bond acceptors (Lipinski definition) is 8. The number of ketones is 1. The predicted molar refractivity (Wildman–Crippen MR) is 156 cm³/mol. The number of ether oxygens (including phenoxy) is 3. The molecule has 0 atom stereocenters. The maximum Gasteiger partial charge on any atom is 0.401 e. The smallest absolute Gasteiger partial charge is 0.401 e. The molecule has 218 valence electrons. The average Bonchev–Trinajstić information content (AvgIpc) is 3.21. The lowest BCUT2D eigenvalue weighted by molar-refractivity contribution is -0.723. The minimum Gasteiger partial charge on any atom is -0.494 e. The molecular weight excluding hydrogens is 508 g/mol. The first-order valence-electron chi connectivity index (χ1n) is 14.2. The third-order valence-electron chi connectivity index (χ3n) is 7.33. The van der Waals surface area contributed by atoms with Gasteiger partial charge in [0.05, 0.1) is 32.6 Å². The molecule has 0 saturated carbocycles. The molecule has 1 aliphatic heterocycles. The number of carbonyl (C=O) groups excluding carboxylic acids is 1. The monoisotopic (exact) mass is 553 g/mol. The van der Waals surface area contributed by atoms with Crippen molar-refractivity contribution in [3.8, 4) is 11.6 Å². The molecule has 0 bridgehead atoms. The Hall–Kier alpha value is -3.40. The first-order chi connectivity index (χ1) is 18.9. The third kappa shape index (κ3) is 5.59. The van der Waals surface area contributed by atoms with E-state index in [9.17, 15) is 4.79 Å². The molecule has 2 aromatic heterocycles. The second kappa shape index (κ2) is 11.6. The fourth-order valence-corrected chi connectivity index (χ4v) is 5.37. The summed E-state index contributed by atoms with van der Waals surface area (Å²) in [7, 11) is 1.68. The van der Waals surface area contributed by atoms with Crippen molar-refractivity contribution in [1.82, 2.24) is 14.7 Å². The van der Waals surface area contributed by atoms with E-state index >= 15 is 0 Å². The summed E-state index contributed by atoms with van der Waals surface area (Å²) in [5.74, 6) is 1.86. The SMILES string of the molecule is CCOc1nn2c(N)[n+](CC(=O)c3cc(N4CCOCC4)c(OC)c(C(C)(C)C)c3)nc2c(C(C)C)c1C(C)C. The maximum atomic E-state index is 13.9. The van der Waals surface area contributed by atoms with Crippen LogP contribution in [0, 0.1) is 0 Å². The number of morpholine rings is 1. The molecular formula is C30H45N6O4+. The van der Waals surface area contributed by atoms with E-state index < -0.39 is 0 Å². The van der Waals surface area contributed by atoms with Crippen molar-refractivity contribution in [1.29, 1.82) is 0 Å². The normalized spacial score (nSPS) is 14.4. The summed E-state index contributed by atoms with van der Waals surface area (Å²) in [6, 6.07) is 3.87. The van der Waals surface area contributed by atoms with Crippen LogP contribution < -0.4 is 24.8 Å². The molecule has 0 aliphatic carbocycles. The number of benzene rings is 1. The Bertz CT molecular complexity index is 1380. The summed E-state index contributed by atoms with van der Waals surface area (Å²) in [5.41, 5.74) is 11.5. The van der Waals surface area contributed by atoms with Crippen LogP contribution in [0.5, 0.6) is 11.6 Å². The van der Waals surface area contributed by atoms with Crippen LogP contribution in [0.15, 0.2) is 12.1 Å². The van der Waals surface area contributed by atoms with Gasteiger partial charge in [0.25, 0.3) is 11.5 Å². The molecule has 1 fully saturated rings. The highest BCUT2D eigenvalue weighted by atomic mass is 16.5. The Kier molecular flexibility index (Phi) is 8.58. The van der Waals surface area contributed by atoms with E-state index in [1.54, 1.807) is 16.3 Å². The number of Topliss-reactive ketones (excluding diaryl/α,β-unsaturated/α-hetero) is 1. The number of nitrogen functional groups attached to an aromatic ring is 1. The second-order valence-corrected chi connectivity index (χ2v) is 12.0. The summed E-state index contributed by atoms with van der Waals surface area (Å²) in [4.78, 5) is 16.1. The van der Waals surface area contributed by atoms with E-state index in [2.05, 4.69) is 53.4 Å². The van der Waals surface area contributed by atoms with Gasteiger partial charge in [-0.3, -0.25) is 10.5 Å². The number of nitrogens with zero attached hydrogens (tertiary/aromatic N) is 5. The number of carbonyl (C=O) groups is 1. The summed E-state index contributed by atoms with van der Waals surface area (Å²) < 4.78 is 20.6. The Morgan fingerprint density at radius 2 is 1.77 bits per heavy atom. The van der Waals surface area contributed by atoms with E-state index in [1.807, 2.05) is 19.1 Å². The highest BCUT2D eigenvalue weighted by Crippen LogP contribution is 2.41. The minimum absolute atomic E-state index is 0.0217. The van der Waals surface area contributed by atoms with Crippen LogP contribution in [0.2, 0.25) is 0 Å². The number of anilines is 2. The number of fused-ring (bicyclic) bond motifs is 1. The van der Waals surface area contributed by atoms with Gasteiger partial charge in [0.15, 0.2) is 12.3 Å². The van der Waals surface area contributed by atoms with E-state index in [0.29, 0.717) is 36.9 Å². The van der Waals surface area contributed by atoms with E-state index in [0.717, 1.165) is 41.2 Å². The van der Waals surface area contributed by atoms with Crippen LogP contribution in [0.4, 0.5) is 11.6 Å². The van der Waals surface area contributed by atoms with Gasteiger partial charge in [0.2, 0.25) is 0 Å². The first-order valence-corrected chi connectivity index (χ1v) is 14.2. The van der Waals surface area contributed by atoms with Crippen LogP contribution in [-0.2, 0) is 16.7 Å². The Balaban J connectivity index is 1.82. The van der Waals surface area contributed by atoms with Crippen LogP contribution >= 0.6 is 0 Å². The van der Waals surface area contributed by atoms with Crippen molar-refractivity contribution in [2.75, 3.05) is 50.7 Å². The molecule has 0 amide bonds. The number of nitrogens with two attached hydrogens (primary N) is 1. The van der Waals surface area contributed by atoms with Gasteiger partial charge in [-0.25, -0.2) is 0 Å². The number of hydrogen-bond donors (Lipinski definition) is 1. The molecule has 10 heteroatoms. The highest BCUT2D eigenvalue weighted by molar-refractivity contribution is 5.97. The molecule has 1 aromatic carbocycles. The summed E-state index contributed by atoms with van der Waals surface area (Å²) in [6.45, 7) is 20.0. The zero-order valence-corrected chi connectivity index (χ0v) is 25.5. The fourth-order valence-electron chi connectivity index (χ4n) is 5.37. The Morgan fingerprint density at radius 3 is 2.33 bits per heavy atom. The van der Waals surface area contributed by atoms with Crippen LogP contribution in [0.1, 0.15) is 94.3 Å². The van der Waals surface area contributed by atoms with Gasteiger partial charge >= 0.3 is 5.95 Å². The number of methoxy groups -OCH3 is 1. The fraction of sp³-hybridized carbons (Fsp3) is 0.600. The van der Waals surface area contributed by atoms with Crippen LogP contribution in [0.3, 0.4) is 0 Å². The molecule has 4 rings (SSSR count). The van der Waals surface area contributed by atoms with Crippen molar-refractivity contribution in [3.63, 3.8) is 0 Å².